The highest BCUT2D eigenvalue weighted by Crippen LogP contribution is 2.00. The first-order valence-corrected chi connectivity index (χ1v) is 2.85. The van der Waals surface area contributed by atoms with Gasteiger partial charge in [0, 0.05) is 6.20 Å². The Morgan fingerprint density at radius 2 is 2.45 bits per heavy atom. The van der Waals surface area contributed by atoms with Gasteiger partial charge in [-0.2, -0.15) is 0 Å². The zero-order chi connectivity index (χ0) is 8.27. The molecule has 0 aromatic carbocycles. The lowest BCUT2D eigenvalue weighted by Gasteiger charge is -2.00. The van der Waals surface area contributed by atoms with E-state index in [1.807, 2.05) is 0 Å². The maximum atomic E-state index is 12.7. The predicted molar refractivity (Wildman–Crippen MR) is 35.9 cm³/mol. The Labute approximate surface area is 62.2 Å². The topological polar surface area (TPSA) is 69.0 Å². The van der Waals surface area contributed by atoms with Crippen LogP contribution in [0.5, 0.6) is 0 Å². The minimum atomic E-state index is -0.640. The van der Waals surface area contributed by atoms with Crippen LogP contribution in [-0.4, -0.2) is 16.0 Å². The van der Waals surface area contributed by atoms with Crippen LogP contribution in [0.2, 0.25) is 0 Å². The molecule has 0 amide bonds. The van der Waals surface area contributed by atoms with Crippen molar-refractivity contribution < 1.29 is 9.60 Å². The molecule has 0 spiro atoms. The van der Waals surface area contributed by atoms with Crippen molar-refractivity contribution >= 4 is 5.84 Å². The van der Waals surface area contributed by atoms with Crippen molar-refractivity contribution in [3.8, 4) is 0 Å². The van der Waals surface area contributed by atoms with E-state index in [4.69, 9.17) is 10.6 Å². The molecule has 0 aliphatic rings. The summed E-state index contributed by atoms with van der Waals surface area (Å²) in [5, 5.41) is 15.2. The minimum Gasteiger partial charge on any atom is -0.290 e. The number of halogens is 1. The Morgan fingerprint density at radius 3 is 3.00 bits per heavy atom. The SMILES string of the molecule is N=C(NO)c1ncccc1F. The van der Waals surface area contributed by atoms with Gasteiger partial charge >= 0.3 is 0 Å². The molecule has 0 saturated carbocycles. The average molecular weight is 155 g/mol. The van der Waals surface area contributed by atoms with E-state index in [9.17, 15) is 4.39 Å². The van der Waals surface area contributed by atoms with Gasteiger partial charge in [-0.3, -0.25) is 16.1 Å². The van der Waals surface area contributed by atoms with Gasteiger partial charge in [-0.15, -0.1) is 0 Å². The summed E-state index contributed by atoms with van der Waals surface area (Å²) >= 11 is 0. The lowest BCUT2D eigenvalue weighted by molar-refractivity contribution is 0.233. The molecule has 0 aliphatic heterocycles. The first-order valence-electron chi connectivity index (χ1n) is 2.85. The summed E-state index contributed by atoms with van der Waals surface area (Å²) in [4.78, 5) is 3.53. The predicted octanol–water partition coefficient (Wildman–Crippen LogP) is 0.525. The smallest absolute Gasteiger partial charge is 0.171 e. The third kappa shape index (κ3) is 1.50. The third-order valence-corrected chi connectivity index (χ3v) is 1.11. The Bertz CT molecular complexity index is 276. The first kappa shape index (κ1) is 7.62. The van der Waals surface area contributed by atoms with Crippen molar-refractivity contribution in [1.82, 2.24) is 10.5 Å². The van der Waals surface area contributed by atoms with Gasteiger partial charge in [0.2, 0.25) is 0 Å². The summed E-state index contributed by atoms with van der Waals surface area (Å²) in [6.45, 7) is 0. The molecule has 58 valence electrons. The highest BCUT2D eigenvalue weighted by Gasteiger charge is 2.06. The summed E-state index contributed by atoms with van der Waals surface area (Å²) in [6.07, 6.45) is 1.34. The molecule has 3 N–H and O–H groups in total. The van der Waals surface area contributed by atoms with E-state index in [-0.39, 0.29) is 5.69 Å². The molecule has 0 saturated heterocycles. The second-order valence-electron chi connectivity index (χ2n) is 1.82. The molecular formula is C6H6FN3O. The van der Waals surface area contributed by atoms with Gasteiger partial charge in [0.05, 0.1) is 0 Å². The number of hydroxylamine groups is 1. The molecule has 1 rings (SSSR count). The van der Waals surface area contributed by atoms with E-state index < -0.39 is 11.7 Å². The summed E-state index contributed by atoms with van der Waals surface area (Å²) in [5.41, 5.74) is 1.30. The van der Waals surface area contributed by atoms with Gasteiger partial charge in [-0.1, -0.05) is 0 Å². The van der Waals surface area contributed by atoms with Gasteiger partial charge < -0.3 is 0 Å². The van der Waals surface area contributed by atoms with Crippen molar-refractivity contribution in [1.29, 1.82) is 5.41 Å². The number of nitrogens with zero attached hydrogens (tertiary/aromatic N) is 1. The molecule has 0 aliphatic carbocycles. The van der Waals surface area contributed by atoms with Crippen LogP contribution < -0.4 is 5.48 Å². The van der Waals surface area contributed by atoms with Crippen molar-refractivity contribution in [2.45, 2.75) is 0 Å². The van der Waals surface area contributed by atoms with E-state index in [1.54, 1.807) is 0 Å². The van der Waals surface area contributed by atoms with Gasteiger partial charge in [0.25, 0.3) is 0 Å². The van der Waals surface area contributed by atoms with E-state index >= 15 is 0 Å². The second-order valence-corrected chi connectivity index (χ2v) is 1.82. The molecule has 0 bridgehead atoms. The standard InChI is InChI=1S/C6H6FN3O/c7-4-2-1-3-9-5(4)6(8)10-11/h1-3,11H,(H2,8,10). The van der Waals surface area contributed by atoms with E-state index in [1.165, 1.54) is 17.7 Å². The van der Waals surface area contributed by atoms with Crippen molar-refractivity contribution in [3.05, 3.63) is 29.8 Å². The molecule has 1 aromatic heterocycles. The van der Waals surface area contributed by atoms with Crippen molar-refractivity contribution in [2.75, 3.05) is 0 Å². The summed E-state index contributed by atoms with van der Waals surface area (Å²) in [6, 6.07) is 2.57. The van der Waals surface area contributed by atoms with Gasteiger partial charge in [-0.05, 0) is 12.1 Å². The van der Waals surface area contributed by atoms with Crippen LogP contribution >= 0.6 is 0 Å². The molecular weight excluding hydrogens is 149 g/mol. The number of nitrogens with one attached hydrogen (secondary N) is 2. The Kier molecular flexibility index (Phi) is 2.12. The molecule has 5 heteroatoms. The monoisotopic (exact) mass is 155 g/mol. The normalized spacial score (nSPS) is 9.27. The Hall–Kier alpha value is -1.49. The number of pyridine rings is 1. The number of rotatable bonds is 1. The van der Waals surface area contributed by atoms with Crippen LogP contribution in [0, 0.1) is 11.2 Å². The molecule has 0 radical (unpaired) electrons. The summed E-state index contributed by atoms with van der Waals surface area (Å²) < 4.78 is 12.7. The average Bonchev–Trinajstić information content (AvgIpc) is 2.04. The number of hydrogen-bond donors (Lipinski definition) is 3. The quantitative estimate of drug-likeness (QED) is 0.314. The van der Waals surface area contributed by atoms with E-state index in [0.29, 0.717) is 0 Å². The Morgan fingerprint density at radius 1 is 1.73 bits per heavy atom. The van der Waals surface area contributed by atoms with Crippen LogP contribution in [0.3, 0.4) is 0 Å². The molecule has 1 aromatic rings. The maximum Gasteiger partial charge on any atom is 0.171 e. The third-order valence-electron chi connectivity index (χ3n) is 1.11. The summed E-state index contributed by atoms with van der Waals surface area (Å²) in [7, 11) is 0. The van der Waals surface area contributed by atoms with Gasteiger partial charge in [0.15, 0.2) is 11.7 Å². The van der Waals surface area contributed by atoms with Crippen LogP contribution in [0.25, 0.3) is 0 Å². The zero-order valence-corrected chi connectivity index (χ0v) is 5.50. The first-order chi connectivity index (χ1) is 5.25. The molecule has 1 heterocycles. The lowest BCUT2D eigenvalue weighted by Crippen LogP contribution is -2.21. The van der Waals surface area contributed by atoms with Crippen LogP contribution in [-0.2, 0) is 0 Å². The molecule has 4 nitrogen and oxygen atoms in total. The Balaban J connectivity index is 3.03. The minimum absolute atomic E-state index is 0.199. The molecule has 0 unspecified atom stereocenters. The number of hydrogen-bond acceptors (Lipinski definition) is 3. The van der Waals surface area contributed by atoms with Crippen LogP contribution in [0.15, 0.2) is 18.3 Å². The maximum absolute atomic E-state index is 12.7. The number of aromatic nitrogens is 1. The van der Waals surface area contributed by atoms with Crippen LogP contribution in [0.4, 0.5) is 4.39 Å². The van der Waals surface area contributed by atoms with Gasteiger partial charge in [-0.25, -0.2) is 9.37 Å². The van der Waals surface area contributed by atoms with E-state index in [0.717, 1.165) is 6.07 Å². The van der Waals surface area contributed by atoms with E-state index in [2.05, 4.69) is 4.98 Å². The fraction of sp³-hybridized carbons (Fsp3) is 0. The lowest BCUT2D eigenvalue weighted by atomic mass is 10.3. The highest BCUT2D eigenvalue weighted by atomic mass is 19.1. The molecule has 0 fully saturated rings. The van der Waals surface area contributed by atoms with Crippen LogP contribution in [0.1, 0.15) is 5.69 Å². The van der Waals surface area contributed by atoms with Gasteiger partial charge in [0.1, 0.15) is 5.69 Å². The molecule has 11 heavy (non-hydrogen) atoms. The number of amidine groups is 1. The fourth-order valence-corrected chi connectivity index (χ4v) is 0.623. The van der Waals surface area contributed by atoms with Crippen molar-refractivity contribution in [3.63, 3.8) is 0 Å². The fourth-order valence-electron chi connectivity index (χ4n) is 0.623. The summed E-state index contributed by atoms with van der Waals surface area (Å²) in [5.74, 6) is -1.10. The highest BCUT2D eigenvalue weighted by molar-refractivity contribution is 5.93. The second kappa shape index (κ2) is 3.07. The van der Waals surface area contributed by atoms with Crippen molar-refractivity contribution in [2.24, 2.45) is 0 Å². The largest absolute Gasteiger partial charge is 0.290 e. The molecule has 0 atom stereocenters. The zero-order valence-electron chi connectivity index (χ0n) is 5.50.